The summed E-state index contributed by atoms with van der Waals surface area (Å²) in [6, 6.07) is 0. The second-order valence-electron chi connectivity index (χ2n) is 6.14. The fourth-order valence-corrected chi connectivity index (χ4v) is 3.56. The highest BCUT2D eigenvalue weighted by atomic mass is 35.5. The first-order chi connectivity index (χ1) is 9.93. The predicted molar refractivity (Wildman–Crippen MR) is 79.1 cm³/mol. The molecule has 3 rings (SSSR count). The molecular formula is C14H19Cl2N3O2. The van der Waals surface area contributed by atoms with Gasteiger partial charge in [-0.15, -0.1) is 23.2 Å². The fraction of sp³-hybridized carbons (Fsp3) is 0.786. The van der Waals surface area contributed by atoms with Crippen molar-refractivity contribution in [2.75, 3.05) is 0 Å². The van der Waals surface area contributed by atoms with Crippen molar-refractivity contribution < 1.29 is 9.32 Å². The summed E-state index contributed by atoms with van der Waals surface area (Å²) in [5.74, 6) is 0.641. The monoisotopic (exact) mass is 331 g/mol. The van der Waals surface area contributed by atoms with Crippen molar-refractivity contribution in [2.45, 2.75) is 61.7 Å². The minimum atomic E-state index is -0.914. The summed E-state index contributed by atoms with van der Waals surface area (Å²) in [5.41, 5.74) is -0.544. The lowest BCUT2D eigenvalue weighted by Gasteiger charge is -2.31. The highest BCUT2D eigenvalue weighted by Gasteiger charge is 2.57. The standard InChI is InChI=1S/C14H19Cl2N3O2/c1-9-17-12(19-21-9)13(6-4-2-3-5-7-13)18-11(20)10-8-14(10,15)16/h10H,2-8H2,1H3,(H,18,20). The molecule has 1 aromatic rings. The van der Waals surface area contributed by atoms with Crippen molar-refractivity contribution in [3.8, 4) is 0 Å². The first-order valence-electron chi connectivity index (χ1n) is 7.44. The zero-order valence-corrected chi connectivity index (χ0v) is 13.5. The number of alkyl halides is 2. The zero-order valence-electron chi connectivity index (χ0n) is 12.0. The lowest BCUT2D eigenvalue weighted by atomic mass is 9.89. The Hall–Kier alpha value is -0.810. The number of rotatable bonds is 3. The molecule has 0 spiro atoms. The fourth-order valence-electron chi connectivity index (χ4n) is 3.05. The van der Waals surface area contributed by atoms with Crippen molar-refractivity contribution in [3.63, 3.8) is 0 Å². The van der Waals surface area contributed by atoms with Crippen LogP contribution in [-0.4, -0.2) is 20.4 Å². The average molecular weight is 332 g/mol. The van der Waals surface area contributed by atoms with Crippen molar-refractivity contribution >= 4 is 29.1 Å². The van der Waals surface area contributed by atoms with E-state index in [0.29, 0.717) is 18.1 Å². The molecule has 1 unspecified atom stereocenters. The van der Waals surface area contributed by atoms with Gasteiger partial charge in [0.15, 0.2) is 5.82 Å². The molecule has 1 aromatic heterocycles. The third-order valence-corrected chi connectivity index (χ3v) is 5.25. The molecule has 0 radical (unpaired) electrons. The second kappa shape index (κ2) is 5.43. The minimum absolute atomic E-state index is 0.107. The molecule has 0 saturated heterocycles. The Labute approximate surface area is 133 Å². The van der Waals surface area contributed by atoms with Crippen LogP contribution in [0.4, 0.5) is 0 Å². The van der Waals surface area contributed by atoms with Crippen LogP contribution in [-0.2, 0) is 10.3 Å². The predicted octanol–water partition coefficient (Wildman–Crippen LogP) is 3.24. The van der Waals surface area contributed by atoms with E-state index in [0.717, 1.165) is 38.5 Å². The number of aryl methyl sites for hydroxylation is 1. The maximum absolute atomic E-state index is 12.4. The number of hydrogen-bond acceptors (Lipinski definition) is 4. The molecule has 0 aliphatic heterocycles. The summed E-state index contributed by atoms with van der Waals surface area (Å²) in [6.45, 7) is 1.76. The summed E-state index contributed by atoms with van der Waals surface area (Å²) in [7, 11) is 0. The first kappa shape index (κ1) is 15.1. The van der Waals surface area contributed by atoms with Gasteiger partial charge in [0, 0.05) is 6.92 Å². The molecule has 0 bridgehead atoms. The van der Waals surface area contributed by atoms with E-state index in [1.807, 2.05) is 0 Å². The van der Waals surface area contributed by atoms with Crippen LogP contribution in [0.25, 0.3) is 0 Å². The van der Waals surface area contributed by atoms with Gasteiger partial charge >= 0.3 is 0 Å². The molecule has 2 aliphatic carbocycles. The molecule has 2 saturated carbocycles. The Kier molecular flexibility index (Phi) is 3.91. The van der Waals surface area contributed by atoms with Crippen molar-refractivity contribution in [2.24, 2.45) is 5.92 Å². The van der Waals surface area contributed by atoms with Crippen LogP contribution in [0.15, 0.2) is 4.52 Å². The number of halogens is 2. The van der Waals surface area contributed by atoms with Crippen LogP contribution >= 0.6 is 23.2 Å². The number of hydrogen-bond donors (Lipinski definition) is 1. The highest BCUT2D eigenvalue weighted by Crippen LogP contribution is 2.53. The summed E-state index contributed by atoms with van der Waals surface area (Å²) in [4.78, 5) is 16.8. The Bertz CT molecular complexity index is 536. The van der Waals surface area contributed by atoms with E-state index in [-0.39, 0.29) is 11.8 Å². The number of carbonyl (C=O) groups is 1. The Morgan fingerprint density at radius 1 is 1.29 bits per heavy atom. The smallest absolute Gasteiger partial charge is 0.227 e. The van der Waals surface area contributed by atoms with Gasteiger partial charge in [-0.05, 0) is 19.3 Å². The molecule has 7 heteroatoms. The summed E-state index contributed by atoms with van der Waals surface area (Å²) in [5, 5.41) is 7.18. The molecule has 1 atom stereocenters. The number of amides is 1. The van der Waals surface area contributed by atoms with Gasteiger partial charge in [0.2, 0.25) is 11.8 Å². The summed E-state index contributed by atoms with van der Waals surface area (Å²) >= 11 is 12.0. The Balaban J connectivity index is 1.83. The van der Waals surface area contributed by atoms with E-state index in [4.69, 9.17) is 27.7 Å². The van der Waals surface area contributed by atoms with E-state index in [2.05, 4.69) is 15.5 Å². The number of nitrogens with one attached hydrogen (secondary N) is 1. The third kappa shape index (κ3) is 3.04. The quantitative estimate of drug-likeness (QED) is 0.681. The van der Waals surface area contributed by atoms with Gasteiger partial charge in [-0.2, -0.15) is 4.98 Å². The highest BCUT2D eigenvalue weighted by molar-refractivity contribution is 6.52. The minimum Gasteiger partial charge on any atom is -0.343 e. The van der Waals surface area contributed by atoms with Crippen LogP contribution in [0, 0.1) is 12.8 Å². The van der Waals surface area contributed by atoms with Gasteiger partial charge < -0.3 is 9.84 Å². The summed E-state index contributed by atoms with van der Waals surface area (Å²) in [6.07, 6.45) is 6.53. The first-order valence-corrected chi connectivity index (χ1v) is 8.19. The summed E-state index contributed by atoms with van der Waals surface area (Å²) < 4.78 is 4.20. The molecular weight excluding hydrogens is 313 g/mol. The van der Waals surface area contributed by atoms with Gasteiger partial charge in [0.25, 0.3) is 0 Å². The topological polar surface area (TPSA) is 68.0 Å². The maximum Gasteiger partial charge on any atom is 0.227 e. The number of nitrogens with zero attached hydrogens (tertiary/aromatic N) is 2. The van der Waals surface area contributed by atoms with E-state index in [1.165, 1.54) is 0 Å². The molecule has 21 heavy (non-hydrogen) atoms. The van der Waals surface area contributed by atoms with Crippen molar-refractivity contribution in [1.29, 1.82) is 0 Å². The Morgan fingerprint density at radius 2 is 1.90 bits per heavy atom. The molecule has 2 fully saturated rings. The van der Waals surface area contributed by atoms with E-state index >= 15 is 0 Å². The van der Waals surface area contributed by atoms with E-state index < -0.39 is 9.87 Å². The van der Waals surface area contributed by atoms with Crippen LogP contribution in [0.5, 0.6) is 0 Å². The number of carbonyl (C=O) groups excluding carboxylic acids is 1. The number of aromatic nitrogens is 2. The van der Waals surface area contributed by atoms with Gasteiger partial charge in [-0.25, -0.2) is 0 Å². The van der Waals surface area contributed by atoms with Crippen LogP contribution in [0.2, 0.25) is 0 Å². The largest absolute Gasteiger partial charge is 0.343 e. The average Bonchev–Trinajstić information content (AvgIpc) is 2.96. The third-order valence-electron chi connectivity index (χ3n) is 4.42. The molecule has 5 nitrogen and oxygen atoms in total. The van der Waals surface area contributed by atoms with Gasteiger partial charge in [0.1, 0.15) is 9.87 Å². The van der Waals surface area contributed by atoms with Crippen molar-refractivity contribution in [1.82, 2.24) is 15.5 Å². The van der Waals surface area contributed by atoms with Gasteiger partial charge in [-0.1, -0.05) is 30.8 Å². The normalized spacial score (nSPS) is 26.9. The van der Waals surface area contributed by atoms with Gasteiger partial charge in [0.05, 0.1) is 5.92 Å². The molecule has 2 aliphatic rings. The van der Waals surface area contributed by atoms with Crippen LogP contribution in [0.1, 0.15) is 56.7 Å². The van der Waals surface area contributed by atoms with Crippen LogP contribution in [0.3, 0.4) is 0 Å². The molecule has 116 valence electrons. The zero-order chi connectivity index (χ0) is 15.1. The lowest BCUT2D eigenvalue weighted by Crippen LogP contribution is -2.47. The molecule has 1 heterocycles. The van der Waals surface area contributed by atoms with E-state index in [1.54, 1.807) is 6.92 Å². The van der Waals surface area contributed by atoms with E-state index in [9.17, 15) is 4.79 Å². The Morgan fingerprint density at radius 3 is 2.38 bits per heavy atom. The van der Waals surface area contributed by atoms with Crippen LogP contribution < -0.4 is 5.32 Å². The van der Waals surface area contributed by atoms with Gasteiger partial charge in [-0.3, -0.25) is 4.79 Å². The second-order valence-corrected chi connectivity index (χ2v) is 7.68. The lowest BCUT2D eigenvalue weighted by molar-refractivity contribution is -0.124. The SMILES string of the molecule is Cc1nc(C2(NC(=O)C3CC3(Cl)Cl)CCCCCC2)no1. The van der Waals surface area contributed by atoms with Crippen molar-refractivity contribution in [3.05, 3.63) is 11.7 Å². The molecule has 1 amide bonds. The molecule has 0 aromatic carbocycles. The molecule has 1 N–H and O–H groups in total. The maximum atomic E-state index is 12.4.